The predicted octanol–water partition coefficient (Wildman–Crippen LogP) is 4.24. The molecule has 0 aromatic heterocycles. The molecule has 4 heteroatoms. The molecule has 0 unspecified atom stereocenters. The number of hydrogen-bond acceptors (Lipinski definition) is 4. The van der Waals surface area contributed by atoms with Gasteiger partial charge in [0.25, 0.3) is 0 Å². The summed E-state index contributed by atoms with van der Waals surface area (Å²) in [4.78, 5) is 2.56. The maximum atomic E-state index is 6.03. The molecule has 1 fully saturated rings. The van der Waals surface area contributed by atoms with Gasteiger partial charge in [-0.25, -0.2) is 0 Å². The van der Waals surface area contributed by atoms with E-state index in [9.17, 15) is 0 Å². The molecule has 0 spiro atoms. The van der Waals surface area contributed by atoms with Crippen LogP contribution in [0.15, 0.2) is 48.5 Å². The van der Waals surface area contributed by atoms with Crippen molar-refractivity contribution in [3.63, 3.8) is 0 Å². The lowest BCUT2D eigenvalue weighted by molar-refractivity contribution is 0.161. The van der Waals surface area contributed by atoms with E-state index < -0.39 is 0 Å². The van der Waals surface area contributed by atoms with Gasteiger partial charge in [0, 0.05) is 18.6 Å². The van der Waals surface area contributed by atoms with Crippen LogP contribution in [0.2, 0.25) is 0 Å². The summed E-state index contributed by atoms with van der Waals surface area (Å²) in [6, 6.07) is 17.7. The summed E-state index contributed by atoms with van der Waals surface area (Å²) in [6.07, 6.45) is 2.43. The van der Waals surface area contributed by atoms with Crippen LogP contribution in [0.5, 0.6) is 11.5 Å². The quantitative estimate of drug-likeness (QED) is 0.756. The topological polar surface area (TPSA) is 33.7 Å². The van der Waals surface area contributed by atoms with Crippen LogP contribution in [0.4, 0.5) is 0 Å². The number of likely N-dealkylation sites (tertiary alicyclic amines) is 1. The zero-order valence-electron chi connectivity index (χ0n) is 16.8. The number of ether oxygens (including phenoxy) is 2. The van der Waals surface area contributed by atoms with Crippen LogP contribution in [-0.2, 0) is 13.2 Å². The molecule has 1 aliphatic rings. The molecule has 1 saturated heterocycles. The molecular weight excluding hydrogens is 336 g/mol. The van der Waals surface area contributed by atoms with Crippen LogP contribution in [0.25, 0.3) is 0 Å². The molecule has 0 aliphatic carbocycles. The van der Waals surface area contributed by atoms with E-state index in [-0.39, 0.29) is 0 Å². The van der Waals surface area contributed by atoms with Gasteiger partial charge >= 0.3 is 0 Å². The molecule has 0 atom stereocenters. The first kappa shape index (κ1) is 19.7. The number of piperidine rings is 1. The monoisotopic (exact) mass is 368 g/mol. The first-order valence-electron chi connectivity index (χ1n) is 9.97. The fraction of sp³-hybridized carbons (Fsp3) is 0.478. The molecule has 1 N–H and O–H groups in total. The normalized spacial score (nSPS) is 15.9. The average Bonchev–Trinajstić information content (AvgIpc) is 2.71. The number of nitrogens with one attached hydrogen (secondary N) is 1. The molecule has 146 valence electrons. The van der Waals surface area contributed by atoms with E-state index in [0.29, 0.717) is 18.7 Å². The lowest BCUT2D eigenvalue weighted by Crippen LogP contribution is -2.44. The van der Waals surface area contributed by atoms with E-state index in [0.717, 1.165) is 23.6 Å². The van der Waals surface area contributed by atoms with Crippen molar-refractivity contribution in [2.24, 2.45) is 0 Å². The van der Waals surface area contributed by atoms with Crippen molar-refractivity contribution in [2.75, 3.05) is 20.2 Å². The lowest BCUT2D eigenvalue weighted by atomic mass is 10.0. The molecule has 1 aliphatic heterocycles. The first-order valence-corrected chi connectivity index (χ1v) is 9.97. The van der Waals surface area contributed by atoms with Gasteiger partial charge in [0.05, 0.1) is 7.11 Å². The maximum Gasteiger partial charge on any atom is 0.161 e. The van der Waals surface area contributed by atoms with Gasteiger partial charge in [0.15, 0.2) is 11.5 Å². The van der Waals surface area contributed by atoms with Gasteiger partial charge in [0.1, 0.15) is 6.61 Å². The minimum atomic E-state index is 0.543. The minimum absolute atomic E-state index is 0.543. The van der Waals surface area contributed by atoms with E-state index in [1.54, 1.807) is 7.11 Å². The van der Waals surface area contributed by atoms with Crippen molar-refractivity contribution < 1.29 is 9.47 Å². The van der Waals surface area contributed by atoms with E-state index in [1.807, 2.05) is 24.3 Å². The molecule has 0 amide bonds. The van der Waals surface area contributed by atoms with Crippen molar-refractivity contribution in [3.8, 4) is 11.5 Å². The molecule has 1 heterocycles. The van der Waals surface area contributed by atoms with Crippen LogP contribution in [0, 0.1) is 0 Å². The highest BCUT2D eigenvalue weighted by Crippen LogP contribution is 2.29. The Balaban J connectivity index is 1.55. The Kier molecular flexibility index (Phi) is 7.13. The van der Waals surface area contributed by atoms with Crippen LogP contribution >= 0.6 is 0 Å². The average molecular weight is 369 g/mol. The molecule has 0 bridgehead atoms. The Bertz CT molecular complexity index is 695. The Morgan fingerprint density at radius 2 is 1.74 bits per heavy atom. The smallest absolute Gasteiger partial charge is 0.161 e. The number of methoxy groups -OCH3 is 1. The van der Waals surface area contributed by atoms with Crippen LogP contribution in [0.1, 0.15) is 37.8 Å². The van der Waals surface area contributed by atoms with E-state index in [2.05, 4.69) is 48.3 Å². The second kappa shape index (κ2) is 9.77. The van der Waals surface area contributed by atoms with E-state index >= 15 is 0 Å². The molecule has 2 aromatic carbocycles. The highest BCUT2D eigenvalue weighted by molar-refractivity contribution is 5.43. The second-order valence-corrected chi connectivity index (χ2v) is 7.54. The highest BCUT2D eigenvalue weighted by Gasteiger charge is 2.20. The van der Waals surface area contributed by atoms with Gasteiger partial charge in [-0.05, 0) is 63.0 Å². The van der Waals surface area contributed by atoms with Crippen LogP contribution < -0.4 is 14.8 Å². The summed E-state index contributed by atoms with van der Waals surface area (Å²) in [6.45, 7) is 8.33. The molecule has 27 heavy (non-hydrogen) atoms. The molecule has 0 saturated carbocycles. The Hall–Kier alpha value is -2.04. The van der Waals surface area contributed by atoms with Crippen molar-refractivity contribution in [1.82, 2.24) is 10.2 Å². The van der Waals surface area contributed by atoms with Crippen molar-refractivity contribution >= 4 is 0 Å². The first-order chi connectivity index (χ1) is 13.2. The third-order valence-corrected chi connectivity index (χ3v) is 5.32. The third-order valence-electron chi connectivity index (χ3n) is 5.32. The van der Waals surface area contributed by atoms with Crippen molar-refractivity contribution in [3.05, 3.63) is 59.7 Å². The summed E-state index contributed by atoms with van der Waals surface area (Å²) >= 11 is 0. The maximum absolute atomic E-state index is 6.03. The number of hydrogen-bond donors (Lipinski definition) is 1. The SMILES string of the molecule is COc1ccc(CNC2CCN(C(C)C)CC2)cc1OCc1ccccc1. The second-order valence-electron chi connectivity index (χ2n) is 7.54. The minimum Gasteiger partial charge on any atom is -0.493 e. The molecule has 4 nitrogen and oxygen atoms in total. The zero-order valence-corrected chi connectivity index (χ0v) is 16.8. The molecule has 2 aromatic rings. The predicted molar refractivity (Wildman–Crippen MR) is 110 cm³/mol. The summed E-state index contributed by atoms with van der Waals surface area (Å²) in [7, 11) is 1.69. The van der Waals surface area contributed by atoms with Gasteiger partial charge in [-0.3, -0.25) is 0 Å². The molecule has 0 radical (unpaired) electrons. The Morgan fingerprint density at radius 1 is 1.00 bits per heavy atom. The van der Waals surface area contributed by atoms with Gasteiger partial charge < -0.3 is 19.7 Å². The summed E-state index contributed by atoms with van der Waals surface area (Å²) in [5, 5.41) is 3.71. The highest BCUT2D eigenvalue weighted by atomic mass is 16.5. The van der Waals surface area contributed by atoms with Gasteiger partial charge in [0.2, 0.25) is 0 Å². The molecule has 3 rings (SSSR count). The Labute approximate surface area is 163 Å². The lowest BCUT2D eigenvalue weighted by Gasteiger charge is -2.35. The zero-order chi connectivity index (χ0) is 19.1. The van der Waals surface area contributed by atoms with E-state index in [1.165, 1.54) is 31.5 Å². The Morgan fingerprint density at radius 3 is 2.41 bits per heavy atom. The largest absolute Gasteiger partial charge is 0.493 e. The van der Waals surface area contributed by atoms with E-state index in [4.69, 9.17) is 9.47 Å². The number of rotatable bonds is 8. The number of nitrogens with zero attached hydrogens (tertiary/aromatic N) is 1. The fourth-order valence-corrected chi connectivity index (χ4v) is 3.56. The van der Waals surface area contributed by atoms with Crippen LogP contribution in [0.3, 0.4) is 0 Å². The van der Waals surface area contributed by atoms with Crippen molar-refractivity contribution in [2.45, 2.75) is 51.9 Å². The van der Waals surface area contributed by atoms with Crippen LogP contribution in [-0.4, -0.2) is 37.2 Å². The van der Waals surface area contributed by atoms with Gasteiger partial charge in [-0.15, -0.1) is 0 Å². The fourth-order valence-electron chi connectivity index (χ4n) is 3.56. The third kappa shape index (κ3) is 5.72. The van der Waals surface area contributed by atoms with Gasteiger partial charge in [-0.2, -0.15) is 0 Å². The molecular formula is C23H32N2O2. The summed E-state index contributed by atoms with van der Waals surface area (Å²) in [5.41, 5.74) is 2.38. The summed E-state index contributed by atoms with van der Waals surface area (Å²) < 4.78 is 11.5. The summed E-state index contributed by atoms with van der Waals surface area (Å²) in [5.74, 6) is 1.58. The number of benzene rings is 2. The standard InChI is InChI=1S/C23H32N2O2/c1-18(2)25-13-11-21(12-14-25)24-16-20-9-10-22(26-3)23(15-20)27-17-19-7-5-4-6-8-19/h4-10,15,18,21,24H,11-14,16-17H2,1-3H3. The van der Waals surface area contributed by atoms with Gasteiger partial charge in [-0.1, -0.05) is 36.4 Å². The van der Waals surface area contributed by atoms with Crippen molar-refractivity contribution in [1.29, 1.82) is 0 Å².